The third-order valence-electron chi connectivity index (χ3n) is 3.56. The van der Waals surface area contributed by atoms with Crippen molar-refractivity contribution in [1.82, 2.24) is 9.97 Å². The van der Waals surface area contributed by atoms with Crippen LogP contribution in [0.5, 0.6) is 0 Å². The highest BCUT2D eigenvalue weighted by molar-refractivity contribution is 6.32. The second kappa shape index (κ2) is 6.34. The Morgan fingerprint density at radius 2 is 2.33 bits per heavy atom. The highest BCUT2D eigenvalue weighted by atomic mass is 35.5. The summed E-state index contributed by atoms with van der Waals surface area (Å²) in [4.78, 5) is 10.6. The lowest BCUT2D eigenvalue weighted by Gasteiger charge is -2.30. The molecule has 1 saturated carbocycles. The molecule has 0 saturated heterocycles. The molecular weight excluding hydrogens is 250 g/mol. The van der Waals surface area contributed by atoms with Gasteiger partial charge >= 0.3 is 0 Å². The van der Waals surface area contributed by atoms with Crippen LogP contribution >= 0.6 is 11.6 Å². The van der Waals surface area contributed by atoms with Crippen molar-refractivity contribution in [2.45, 2.75) is 32.2 Å². The summed E-state index contributed by atoms with van der Waals surface area (Å²) in [6, 6.07) is 0.516. The molecule has 0 aliphatic heterocycles. The number of hydrogen-bond acceptors (Lipinski definition) is 4. The Balaban J connectivity index is 2.17. The molecule has 2 rings (SSSR count). The molecule has 2 unspecified atom stereocenters. The maximum Gasteiger partial charge on any atom is 0.151 e. The van der Waals surface area contributed by atoms with Crippen LogP contribution in [-0.2, 0) is 4.74 Å². The van der Waals surface area contributed by atoms with E-state index in [1.54, 1.807) is 19.6 Å². The van der Waals surface area contributed by atoms with E-state index in [1.165, 1.54) is 19.3 Å². The lowest BCUT2D eigenvalue weighted by Crippen LogP contribution is -2.37. The van der Waals surface area contributed by atoms with Gasteiger partial charge < -0.3 is 9.64 Å². The zero-order chi connectivity index (χ0) is 13.0. The van der Waals surface area contributed by atoms with Gasteiger partial charge in [-0.3, -0.25) is 0 Å². The van der Waals surface area contributed by atoms with E-state index in [9.17, 15) is 0 Å². The molecule has 1 heterocycles. The van der Waals surface area contributed by atoms with Gasteiger partial charge in [0.2, 0.25) is 0 Å². The SMILES string of the molecule is COCCN(c1ncncc1Cl)C1CCC(C)C1. The Morgan fingerprint density at radius 1 is 1.50 bits per heavy atom. The van der Waals surface area contributed by atoms with Crippen LogP contribution in [0.3, 0.4) is 0 Å². The van der Waals surface area contributed by atoms with E-state index in [1.807, 2.05) is 0 Å². The first kappa shape index (κ1) is 13.6. The van der Waals surface area contributed by atoms with Crippen LogP contribution in [0.15, 0.2) is 12.5 Å². The van der Waals surface area contributed by atoms with Crippen molar-refractivity contribution in [3.63, 3.8) is 0 Å². The van der Waals surface area contributed by atoms with Gasteiger partial charge in [0.15, 0.2) is 5.82 Å². The molecule has 1 aromatic heterocycles. The number of halogens is 1. The molecule has 2 atom stereocenters. The number of hydrogen-bond donors (Lipinski definition) is 0. The molecule has 1 fully saturated rings. The van der Waals surface area contributed by atoms with Gasteiger partial charge in [-0.2, -0.15) is 0 Å². The van der Waals surface area contributed by atoms with Crippen molar-refractivity contribution in [3.8, 4) is 0 Å². The molecule has 1 aliphatic carbocycles. The number of nitrogens with zero attached hydrogens (tertiary/aromatic N) is 3. The molecule has 0 aromatic carbocycles. The lowest BCUT2D eigenvalue weighted by atomic mass is 10.1. The van der Waals surface area contributed by atoms with E-state index in [0.29, 0.717) is 17.7 Å². The van der Waals surface area contributed by atoms with Crippen LogP contribution in [0.2, 0.25) is 5.02 Å². The predicted octanol–water partition coefficient (Wildman–Crippen LogP) is 2.77. The minimum atomic E-state index is 0.516. The second-order valence-corrected chi connectivity index (χ2v) is 5.36. The molecule has 0 bridgehead atoms. The third-order valence-corrected chi connectivity index (χ3v) is 3.83. The van der Waals surface area contributed by atoms with Gasteiger partial charge in [-0.1, -0.05) is 18.5 Å². The van der Waals surface area contributed by atoms with Crippen molar-refractivity contribution in [3.05, 3.63) is 17.5 Å². The Labute approximate surface area is 113 Å². The van der Waals surface area contributed by atoms with Gasteiger partial charge in [0.05, 0.1) is 12.8 Å². The van der Waals surface area contributed by atoms with Gasteiger partial charge in [-0.05, 0) is 25.2 Å². The fraction of sp³-hybridized carbons (Fsp3) is 0.692. The Kier molecular flexibility index (Phi) is 4.78. The summed E-state index contributed by atoms with van der Waals surface area (Å²) in [5, 5.41) is 0.619. The minimum Gasteiger partial charge on any atom is -0.383 e. The molecule has 5 heteroatoms. The van der Waals surface area contributed by atoms with E-state index in [-0.39, 0.29) is 0 Å². The highest BCUT2D eigenvalue weighted by Crippen LogP contribution is 2.33. The van der Waals surface area contributed by atoms with E-state index < -0.39 is 0 Å². The zero-order valence-corrected chi connectivity index (χ0v) is 11.7. The molecule has 0 N–H and O–H groups in total. The van der Waals surface area contributed by atoms with Gasteiger partial charge in [-0.15, -0.1) is 0 Å². The number of anilines is 1. The fourth-order valence-electron chi connectivity index (χ4n) is 2.63. The maximum atomic E-state index is 6.21. The van der Waals surface area contributed by atoms with Gasteiger partial charge in [0, 0.05) is 19.7 Å². The number of ether oxygens (including phenoxy) is 1. The maximum absolute atomic E-state index is 6.21. The van der Waals surface area contributed by atoms with E-state index in [0.717, 1.165) is 18.3 Å². The molecule has 4 nitrogen and oxygen atoms in total. The molecule has 0 amide bonds. The number of rotatable bonds is 5. The first-order valence-electron chi connectivity index (χ1n) is 6.43. The van der Waals surface area contributed by atoms with Crippen molar-refractivity contribution >= 4 is 17.4 Å². The van der Waals surface area contributed by atoms with Crippen LogP contribution in [-0.4, -0.2) is 36.3 Å². The van der Waals surface area contributed by atoms with Crippen molar-refractivity contribution in [2.75, 3.05) is 25.2 Å². The third kappa shape index (κ3) is 3.12. The summed E-state index contributed by atoms with van der Waals surface area (Å²) in [6.07, 6.45) is 6.88. The smallest absolute Gasteiger partial charge is 0.151 e. The molecular formula is C13H20ClN3O. The van der Waals surface area contributed by atoms with Crippen LogP contribution in [0.25, 0.3) is 0 Å². The van der Waals surface area contributed by atoms with Crippen molar-refractivity contribution in [1.29, 1.82) is 0 Å². The van der Waals surface area contributed by atoms with Gasteiger partial charge in [0.1, 0.15) is 11.3 Å². The van der Waals surface area contributed by atoms with Gasteiger partial charge in [-0.25, -0.2) is 9.97 Å². The summed E-state index contributed by atoms with van der Waals surface area (Å²) in [7, 11) is 1.72. The van der Waals surface area contributed by atoms with Crippen LogP contribution in [0.4, 0.5) is 5.82 Å². The molecule has 0 radical (unpaired) electrons. The quantitative estimate of drug-likeness (QED) is 0.824. The van der Waals surface area contributed by atoms with E-state index in [4.69, 9.17) is 16.3 Å². The Hall–Kier alpha value is -0.870. The molecule has 0 spiro atoms. The lowest BCUT2D eigenvalue weighted by molar-refractivity contribution is 0.202. The van der Waals surface area contributed by atoms with Crippen LogP contribution in [0, 0.1) is 5.92 Å². The zero-order valence-electron chi connectivity index (χ0n) is 11.0. The largest absolute Gasteiger partial charge is 0.383 e. The van der Waals surface area contributed by atoms with Crippen molar-refractivity contribution in [2.24, 2.45) is 5.92 Å². The van der Waals surface area contributed by atoms with Crippen molar-refractivity contribution < 1.29 is 4.74 Å². The van der Waals surface area contributed by atoms with Gasteiger partial charge in [0.25, 0.3) is 0 Å². The average molecular weight is 270 g/mol. The highest BCUT2D eigenvalue weighted by Gasteiger charge is 2.28. The molecule has 100 valence electrons. The fourth-order valence-corrected chi connectivity index (χ4v) is 2.84. The predicted molar refractivity (Wildman–Crippen MR) is 73.1 cm³/mol. The molecule has 18 heavy (non-hydrogen) atoms. The van der Waals surface area contributed by atoms with Crippen LogP contribution < -0.4 is 4.90 Å². The summed E-state index contributed by atoms with van der Waals surface area (Å²) < 4.78 is 5.19. The molecule has 1 aromatic rings. The molecule has 1 aliphatic rings. The van der Waals surface area contributed by atoms with E-state index >= 15 is 0 Å². The number of methoxy groups -OCH3 is 1. The van der Waals surface area contributed by atoms with Crippen LogP contribution in [0.1, 0.15) is 26.2 Å². The topological polar surface area (TPSA) is 38.2 Å². The first-order valence-corrected chi connectivity index (χ1v) is 6.81. The normalized spacial score (nSPS) is 23.3. The standard InChI is InChI=1S/C13H20ClN3O/c1-10-3-4-11(7-10)17(5-6-18-2)13-12(14)8-15-9-16-13/h8-11H,3-7H2,1-2H3. The monoisotopic (exact) mass is 269 g/mol. The first-order chi connectivity index (χ1) is 8.72. The average Bonchev–Trinajstić information content (AvgIpc) is 2.78. The summed E-state index contributed by atoms with van der Waals surface area (Å²) >= 11 is 6.21. The van der Waals surface area contributed by atoms with E-state index in [2.05, 4.69) is 21.8 Å². The summed E-state index contributed by atoms with van der Waals surface area (Å²) in [5.41, 5.74) is 0. The summed E-state index contributed by atoms with van der Waals surface area (Å²) in [6.45, 7) is 3.81. The Morgan fingerprint density at radius 3 is 2.94 bits per heavy atom. The second-order valence-electron chi connectivity index (χ2n) is 4.95. The summed E-state index contributed by atoms with van der Waals surface area (Å²) in [5.74, 6) is 1.61. The Bertz CT molecular complexity index is 388. The number of aromatic nitrogens is 2. The minimum absolute atomic E-state index is 0.516.